The minimum atomic E-state index is 0.0361. The van der Waals surface area contributed by atoms with Crippen LogP contribution in [0.3, 0.4) is 0 Å². The summed E-state index contributed by atoms with van der Waals surface area (Å²) in [6, 6.07) is 0.466. The van der Waals surface area contributed by atoms with Gasteiger partial charge in [-0.25, -0.2) is 4.98 Å². The summed E-state index contributed by atoms with van der Waals surface area (Å²) in [5, 5.41) is 3.65. The van der Waals surface area contributed by atoms with Crippen LogP contribution in [0.15, 0.2) is 6.33 Å². The first-order valence-electron chi connectivity index (χ1n) is 6.12. The van der Waals surface area contributed by atoms with Crippen LogP contribution in [0.1, 0.15) is 37.7 Å². The van der Waals surface area contributed by atoms with Crippen LogP contribution < -0.4 is 5.32 Å². The molecule has 1 fully saturated rings. The molecule has 1 atom stereocenters. The van der Waals surface area contributed by atoms with E-state index >= 15 is 0 Å². The Morgan fingerprint density at radius 1 is 1.56 bits per heavy atom. The van der Waals surface area contributed by atoms with E-state index in [4.69, 9.17) is 4.74 Å². The summed E-state index contributed by atoms with van der Waals surface area (Å²) in [5.74, 6) is 0. The minimum absolute atomic E-state index is 0.0361. The van der Waals surface area contributed by atoms with E-state index in [-0.39, 0.29) is 5.54 Å². The Morgan fingerprint density at radius 2 is 2.44 bits per heavy atom. The maximum Gasteiger partial charge on any atom is 0.0954 e. The largest absolute Gasteiger partial charge is 0.379 e. The first kappa shape index (κ1) is 10.3. The molecule has 2 aliphatic heterocycles. The van der Waals surface area contributed by atoms with Gasteiger partial charge in [-0.15, -0.1) is 0 Å². The lowest BCUT2D eigenvalue weighted by Crippen LogP contribution is -2.49. The molecule has 0 aliphatic carbocycles. The van der Waals surface area contributed by atoms with Gasteiger partial charge >= 0.3 is 0 Å². The maximum atomic E-state index is 5.60. The molecule has 3 rings (SSSR count). The van der Waals surface area contributed by atoms with Gasteiger partial charge in [-0.05, 0) is 20.3 Å². The van der Waals surface area contributed by atoms with E-state index in [9.17, 15) is 0 Å². The van der Waals surface area contributed by atoms with E-state index in [1.807, 2.05) is 6.33 Å². The van der Waals surface area contributed by atoms with Crippen LogP contribution in [0.4, 0.5) is 0 Å². The fourth-order valence-corrected chi connectivity index (χ4v) is 2.89. The molecule has 16 heavy (non-hydrogen) atoms. The first-order chi connectivity index (χ1) is 7.73. The van der Waals surface area contributed by atoms with Gasteiger partial charge in [0.1, 0.15) is 0 Å². The van der Waals surface area contributed by atoms with Gasteiger partial charge in [0.25, 0.3) is 0 Å². The Hall–Kier alpha value is -0.870. The Bertz CT molecular complexity index is 391. The molecule has 0 bridgehead atoms. The Labute approximate surface area is 96.0 Å². The van der Waals surface area contributed by atoms with Gasteiger partial charge in [0.05, 0.1) is 29.9 Å². The summed E-state index contributed by atoms with van der Waals surface area (Å²) >= 11 is 0. The van der Waals surface area contributed by atoms with Gasteiger partial charge in [0, 0.05) is 25.6 Å². The molecule has 0 saturated carbocycles. The molecule has 2 aliphatic rings. The van der Waals surface area contributed by atoms with Crippen molar-refractivity contribution in [1.82, 2.24) is 14.9 Å². The van der Waals surface area contributed by atoms with Crippen LogP contribution in [-0.2, 0) is 16.7 Å². The first-order valence-corrected chi connectivity index (χ1v) is 6.12. The fourth-order valence-electron chi connectivity index (χ4n) is 2.89. The van der Waals surface area contributed by atoms with Gasteiger partial charge in [-0.1, -0.05) is 0 Å². The highest BCUT2D eigenvalue weighted by Crippen LogP contribution is 2.36. The van der Waals surface area contributed by atoms with E-state index in [1.54, 1.807) is 0 Å². The fraction of sp³-hybridized carbons (Fsp3) is 0.750. The van der Waals surface area contributed by atoms with Crippen LogP contribution in [0, 0.1) is 0 Å². The molecule has 0 amide bonds. The van der Waals surface area contributed by atoms with Gasteiger partial charge in [0.2, 0.25) is 0 Å². The molecular weight excluding hydrogens is 202 g/mol. The molecule has 4 heteroatoms. The minimum Gasteiger partial charge on any atom is -0.379 e. The zero-order valence-corrected chi connectivity index (χ0v) is 9.99. The summed E-state index contributed by atoms with van der Waals surface area (Å²) in [5.41, 5.74) is 2.66. The number of hydrogen-bond donors (Lipinski definition) is 1. The van der Waals surface area contributed by atoms with E-state index in [0.717, 1.165) is 32.6 Å². The molecule has 1 aromatic heterocycles. The predicted molar refractivity (Wildman–Crippen MR) is 61.4 cm³/mol. The van der Waals surface area contributed by atoms with Gasteiger partial charge in [0.15, 0.2) is 0 Å². The molecule has 3 heterocycles. The normalized spacial score (nSPS) is 28.9. The number of imidazole rings is 1. The molecule has 1 spiro atoms. The molecule has 1 saturated heterocycles. The van der Waals surface area contributed by atoms with Gasteiger partial charge < -0.3 is 14.6 Å². The number of ether oxygens (including phenoxy) is 1. The highest BCUT2D eigenvalue weighted by Gasteiger charge is 2.43. The van der Waals surface area contributed by atoms with Crippen LogP contribution in [0.25, 0.3) is 0 Å². The molecule has 1 aromatic rings. The van der Waals surface area contributed by atoms with Crippen LogP contribution >= 0.6 is 0 Å². The zero-order chi connectivity index (χ0) is 11.2. The lowest BCUT2D eigenvalue weighted by Gasteiger charge is -2.35. The molecule has 1 unspecified atom stereocenters. The highest BCUT2D eigenvalue weighted by atomic mass is 16.5. The van der Waals surface area contributed by atoms with Crippen LogP contribution in [0.2, 0.25) is 0 Å². The Kier molecular flexibility index (Phi) is 2.30. The third-order valence-electron chi connectivity index (χ3n) is 3.73. The average molecular weight is 221 g/mol. The second kappa shape index (κ2) is 3.57. The Balaban J connectivity index is 2.11. The van der Waals surface area contributed by atoms with Crippen molar-refractivity contribution < 1.29 is 4.74 Å². The van der Waals surface area contributed by atoms with Gasteiger partial charge in [-0.3, -0.25) is 0 Å². The SMILES string of the molecule is CC(C)n1cnc2c1C1(CCOC1)NCC2. The number of nitrogens with one attached hydrogen (secondary N) is 1. The maximum absolute atomic E-state index is 5.60. The third-order valence-corrected chi connectivity index (χ3v) is 3.73. The smallest absolute Gasteiger partial charge is 0.0954 e. The second-order valence-corrected chi connectivity index (χ2v) is 5.10. The summed E-state index contributed by atoms with van der Waals surface area (Å²) in [7, 11) is 0. The standard InChI is InChI=1S/C12H19N3O/c1-9(2)15-8-13-10-3-5-14-12(11(10)15)4-6-16-7-12/h8-9,14H,3-7H2,1-2H3. The molecule has 4 nitrogen and oxygen atoms in total. The topological polar surface area (TPSA) is 39.1 Å². The van der Waals surface area contributed by atoms with Crippen molar-refractivity contribution in [3.63, 3.8) is 0 Å². The van der Waals surface area contributed by atoms with Crippen molar-refractivity contribution in [3.8, 4) is 0 Å². The third kappa shape index (κ3) is 1.33. The number of fused-ring (bicyclic) bond motifs is 2. The lowest BCUT2D eigenvalue weighted by molar-refractivity contribution is 0.159. The predicted octanol–water partition coefficient (Wildman–Crippen LogP) is 1.23. The van der Waals surface area contributed by atoms with E-state index in [1.165, 1.54) is 11.4 Å². The van der Waals surface area contributed by atoms with Crippen LogP contribution in [0.5, 0.6) is 0 Å². The van der Waals surface area contributed by atoms with Gasteiger partial charge in [-0.2, -0.15) is 0 Å². The number of rotatable bonds is 1. The molecule has 0 radical (unpaired) electrons. The summed E-state index contributed by atoms with van der Waals surface area (Å²) < 4.78 is 7.90. The van der Waals surface area contributed by atoms with E-state index in [0.29, 0.717) is 6.04 Å². The summed E-state index contributed by atoms with van der Waals surface area (Å²) in [6.07, 6.45) is 4.09. The van der Waals surface area contributed by atoms with E-state index in [2.05, 4.69) is 28.7 Å². The van der Waals surface area contributed by atoms with Crippen molar-refractivity contribution in [2.24, 2.45) is 0 Å². The number of nitrogens with zero attached hydrogens (tertiary/aromatic N) is 2. The highest BCUT2D eigenvalue weighted by molar-refractivity contribution is 5.28. The van der Waals surface area contributed by atoms with Crippen molar-refractivity contribution in [3.05, 3.63) is 17.7 Å². The van der Waals surface area contributed by atoms with Crippen molar-refractivity contribution in [1.29, 1.82) is 0 Å². The van der Waals surface area contributed by atoms with E-state index < -0.39 is 0 Å². The lowest BCUT2D eigenvalue weighted by atomic mass is 9.88. The molecule has 0 aromatic carbocycles. The van der Waals surface area contributed by atoms with Crippen molar-refractivity contribution in [2.45, 2.75) is 38.3 Å². The Morgan fingerprint density at radius 3 is 3.12 bits per heavy atom. The van der Waals surface area contributed by atoms with Crippen molar-refractivity contribution in [2.75, 3.05) is 19.8 Å². The molecule has 1 N–H and O–H groups in total. The quantitative estimate of drug-likeness (QED) is 0.775. The number of aromatic nitrogens is 2. The number of hydrogen-bond acceptors (Lipinski definition) is 3. The zero-order valence-electron chi connectivity index (χ0n) is 9.99. The average Bonchev–Trinajstić information content (AvgIpc) is 2.85. The second-order valence-electron chi connectivity index (χ2n) is 5.10. The van der Waals surface area contributed by atoms with Crippen molar-refractivity contribution >= 4 is 0 Å². The molecule has 88 valence electrons. The van der Waals surface area contributed by atoms with Crippen LogP contribution in [-0.4, -0.2) is 29.3 Å². The summed E-state index contributed by atoms with van der Waals surface area (Å²) in [4.78, 5) is 4.56. The summed E-state index contributed by atoms with van der Waals surface area (Å²) in [6.45, 7) is 7.08. The monoisotopic (exact) mass is 221 g/mol. The molecular formula is C12H19N3O.